The van der Waals surface area contributed by atoms with E-state index in [0.29, 0.717) is 0 Å². The zero-order valence-corrected chi connectivity index (χ0v) is 14.8. The van der Waals surface area contributed by atoms with E-state index in [9.17, 15) is 0 Å². The number of aromatic nitrogens is 1. The van der Waals surface area contributed by atoms with Gasteiger partial charge >= 0.3 is 0 Å². The van der Waals surface area contributed by atoms with Crippen molar-refractivity contribution in [3.05, 3.63) is 38.6 Å². The Kier molecular flexibility index (Phi) is 4.99. The fraction of sp³-hybridized carbons (Fsp3) is 0.438. The molecule has 1 heterocycles. The number of thiazole rings is 1. The van der Waals surface area contributed by atoms with Crippen molar-refractivity contribution in [2.45, 2.75) is 39.2 Å². The zero-order valence-electron chi connectivity index (χ0n) is 12.4. The number of hydrogen-bond donors (Lipinski definition) is 0. The van der Waals surface area contributed by atoms with Gasteiger partial charge in [-0.25, -0.2) is 4.98 Å². The van der Waals surface area contributed by atoms with E-state index in [1.54, 1.807) is 18.4 Å². The van der Waals surface area contributed by atoms with Crippen LogP contribution in [0.3, 0.4) is 0 Å². The molecule has 0 saturated carbocycles. The van der Waals surface area contributed by atoms with Crippen molar-refractivity contribution in [3.63, 3.8) is 0 Å². The molecule has 0 saturated heterocycles. The number of methoxy groups -OCH3 is 1. The third-order valence-electron chi connectivity index (χ3n) is 3.82. The lowest BCUT2D eigenvalue weighted by Crippen LogP contribution is -2.26. The van der Waals surface area contributed by atoms with Gasteiger partial charge < -0.3 is 4.74 Å². The van der Waals surface area contributed by atoms with Gasteiger partial charge in [-0.05, 0) is 31.9 Å². The van der Waals surface area contributed by atoms with E-state index < -0.39 is 0 Å². The van der Waals surface area contributed by atoms with Gasteiger partial charge in [-0.1, -0.05) is 41.9 Å². The van der Waals surface area contributed by atoms with Crippen LogP contribution in [0.4, 0.5) is 0 Å². The Hall–Kier alpha value is -0.710. The lowest BCUT2D eigenvalue weighted by Gasteiger charge is -2.27. The molecule has 2 rings (SSSR count). The quantitative estimate of drug-likeness (QED) is 0.703. The summed E-state index contributed by atoms with van der Waals surface area (Å²) in [6.45, 7) is 6.44. The number of nitrogens with zero attached hydrogens (tertiary/aromatic N) is 1. The van der Waals surface area contributed by atoms with Crippen molar-refractivity contribution in [2.75, 3.05) is 7.11 Å². The molecule has 0 amide bonds. The summed E-state index contributed by atoms with van der Waals surface area (Å²) in [6, 6.07) is 8.28. The van der Waals surface area contributed by atoms with Crippen LogP contribution in [0, 0.1) is 6.92 Å². The lowest BCUT2D eigenvalue weighted by atomic mass is 9.98. The van der Waals surface area contributed by atoms with Crippen molar-refractivity contribution >= 4 is 27.3 Å². The molecule has 0 aliphatic rings. The second-order valence-corrected chi connectivity index (χ2v) is 6.96. The van der Waals surface area contributed by atoms with Crippen LogP contribution in [0.5, 0.6) is 0 Å². The number of ether oxygens (including phenoxy) is 1. The first-order chi connectivity index (χ1) is 9.56. The fourth-order valence-corrected chi connectivity index (χ4v) is 4.07. The molecule has 2 aromatic rings. The maximum Gasteiger partial charge on any atom is 0.126 e. The maximum atomic E-state index is 5.79. The van der Waals surface area contributed by atoms with Crippen LogP contribution in [0.1, 0.15) is 36.6 Å². The summed E-state index contributed by atoms with van der Waals surface area (Å²) in [5.41, 5.74) is 1.96. The summed E-state index contributed by atoms with van der Waals surface area (Å²) in [5.74, 6) is 0. The highest BCUT2D eigenvalue weighted by atomic mass is 79.9. The Morgan fingerprint density at radius 1 is 1.30 bits per heavy atom. The molecule has 20 heavy (non-hydrogen) atoms. The standard InChI is InChI=1S/C16H20BrNOS/c1-5-16(6-2,19-4)15-18-14(11(3)20-15)12-8-7-9-13(17)10-12/h7-10H,5-6H2,1-4H3. The molecule has 1 aromatic carbocycles. The van der Waals surface area contributed by atoms with E-state index in [0.717, 1.165) is 33.6 Å². The number of aryl methyl sites for hydroxylation is 1. The highest BCUT2D eigenvalue weighted by molar-refractivity contribution is 9.10. The SMILES string of the molecule is CCC(CC)(OC)c1nc(-c2cccc(Br)c2)c(C)s1. The van der Waals surface area contributed by atoms with E-state index in [1.165, 1.54) is 4.88 Å². The van der Waals surface area contributed by atoms with Crippen molar-refractivity contribution in [1.29, 1.82) is 0 Å². The van der Waals surface area contributed by atoms with E-state index in [4.69, 9.17) is 9.72 Å². The predicted octanol–water partition coefficient (Wildman–Crippen LogP) is 5.54. The maximum absolute atomic E-state index is 5.79. The molecule has 0 atom stereocenters. The lowest BCUT2D eigenvalue weighted by molar-refractivity contribution is -0.0218. The van der Waals surface area contributed by atoms with Gasteiger partial charge in [-0.2, -0.15) is 0 Å². The number of hydrogen-bond acceptors (Lipinski definition) is 3. The first kappa shape index (κ1) is 15.7. The monoisotopic (exact) mass is 353 g/mol. The Morgan fingerprint density at radius 3 is 2.55 bits per heavy atom. The van der Waals surface area contributed by atoms with Gasteiger partial charge in [-0.3, -0.25) is 0 Å². The summed E-state index contributed by atoms with van der Waals surface area (Å²) in [4.78, 5) is 6.12. The van der Waals surface area contributed by atoms with Crippen LogP contribution in [0.15, 0.2) is 28.7 Å². The molecule has 0 aliphatic heterocycles. The molecular weight excluding hydrogens is 334 g/mol. The Morgan fingerprint density at radius 2 is 2.00 bits per heavy atom. The minimum absolute atomic E-state index is 0.250. The molecule has 108 valence electrons. The predicted molar refractivity (Wildman–Crippen MR) is 89.3 cm³/mol. The molecule has 1 aromatic heterocycles. The van der Waals surface area contributed by atoms with E-state index >= 15 is 0 Å². The summed E-state index contributed by atoms with van der Waals surface area (Å²) in [5, 5.41) is 1.08. The van der Waals surface area contributed by atoms with Crippen molar-refractivity contribution in [3.8, 4) is 11.3 Å². The average Bonchev–Trinajstić information content (AvgIpc) is 2.84. The van der Waals surface area contributed by atoms with Crippen molar-refractivity contribution in [2.24, 2.45) is 0 Å². The fourth-order valence-electron chi connectivity index (χ4n) is 2.42. The van der Waals surface area contributed by atoms with E-state index in [2.05, 4.69) is 48.8 Å². The highest BCUT2D eigenvalue weighted by Gasteiger charge is 2.32. The van der Waals surface area contributed by atoms with Crippen LogP contribution in [0.2, 0.25) is 0 Å². The van der Waals surface area contributed by atoms with Gasteiger partial charge in [0, 0.05) is 22.0 Å². The van der Waals surface area contributed by atoms with Gasteiger partial charge in [0.05, 0.1) is 5.69 Å². The second kappa shape index (κ2) is 6.37. The first-order valence-electron chi connectivity index (χ1n) is 6.85. The first-order valence-corrected chi connectivity index (χ1v) is 8.46. The van der Waals surface area contributed by atoms with Gasteiger partial charge in [0.15, 0.2) is 0 Å². The molecule has 4 heteroatoms. The summed E-state index contributed by atoms with van der Waals surface area (Å²) >= 11 is 5.27. The van der Waals surface area contributed by atoms with Crippen LogP contribution in [0.25, 0.3) is 11.3 Å². The molecule has 0 fully saturated rings. The molecule has 0 aliphatic carbocycles. The third-order valence-corrected chi connectivity index (χ3v) is 5.47. The zero-order chi connectivity index (χ0) is 14.8. The average molecular weight is 354 g/mol. The largest absolute Gasteiger partial charge is 0.371 e. The Bertz CT molecular complexity index is 582. The van der Waals surface area contributed by atoms with Gasteiger partial charge in [-0.15, -0.1) is 11.3 Å². The molecule has 0 unspecified atom stereocenters. The Labute approximate surface area is 133 Å². The van der Waals surface area contributed by atoms with Gasteiger partial charge in [0.25, 0.3) is 0 Å². The van der Waals surface area contributed by atoms with Crippen molar-refractivity contribution in [1.82, 2.24) is 4.98 Å². The normalized spacial score (nSPS) is 11.8. The summed E-state index contributed by atoms with van der Waals surface area (Å²) in [6.07, 6.45) is 1.87. The summed E-state index contributed by atoms with van der Waals surface area (Å²) in [7, 11) is 1.78. The molecule has 0 spiro atoms. The van der Waals surface area contributed by atoms with Gasteiger partial charge in [0.1, 0.15) is 10.6 Å². The third kappa shape index (κ3) is 2.83. The van der Waals surface area contributed by atoms with Crippen LogP contribution >= 0.6 is 27.3 Å². The summed E-state index contributed by atoms with van der Waals surface area (Å²) < 4.78 is 6.87. The molecule has 0 bridgehead atoms. The van der Waals surface area contributed by atoms with Gasteiger partial charge in [0.2, 0.25) is 0 Å². The molecule has 2 nitrogen and oxygen atoms in total. The topological polar surface area (TPSA) is 22.1 Å². The van der Waals surface area contributed by atoms with E-state index in [-0.39, 0.29) is 5.60 Å². The van der Waals surface area contributed by atoms with Crippen molar-refractivity contribution < 1.29 is 4.74 Å². The number of halogens is 1. The molecule has 0 N–H and O–H groups in total. The van der Waals surface area contributed by atoms with Crippen LogP contribution in [-0.2, 0) is 10.3 Å². The van der Waals surface area contributed by atoms with Crippen LogP contribution in [-0.4, -0.2) is 12.1 Å². The molecular formula is C16H20BrNOS. The van der Waals surface area contributed by atoms with Crippen LogP contribution < -0.4 is 0 Å². The number of benzene rings is 1. The van der Waals surface area contributed by atoms with E-state index in [1.807, 2.05) is 12.1 Å². The minimum Gasteiger partial charge on any atom is -0.371 e. The highest BCUT2D eigenvalue weighted by Crippen LogP contribution is 2.39. The number of rotatable bonds is 5. The second-order valence-electron chi connectivity index (χ2n) is 4.84. The Balaban J connectivity index is 2.49. The smallest absolute Gasteiger partial charge is 0.126 e. The molecule has 0 radical (unpaired) electrons. The minimum atomic E-state index is -0.250.